The van der Waals surface area contributed by atoms with Crippen LogP contribution in [0, 0.1) is 12.7 Å². The summed E-state index contributed by atoms with van der Waals surface area (Å²) in [7, 11) is -1.91. The van der Waals surface area contributed by atoms with Gasteiger partial charge in [-0.25, -0.2) is 4.39 Å². The van der Waals surface area contributed by atoms with E-state index in [9.17, 15) is 4.39 Å². The minimum Gasteiger partial charge on any atom is -0.423 e. The van der Waals surface area contributed by atoms with E-state index >= 15 is 0 Å². The minimum absolute atomic E-state index is 0.202. The van der Waals surface area contributed by atoms with Crippen molar-refractivity contribution in [2.45, 2.75) is 6.85 Å². The maximum atomic E-state index is 12.7. The first-order valence-electron chi connectivity index (χ1n) is 4.48. The van der Waals surface area contributed by atoms with Crippen LogP contribution in [0.3, 0.4) is 0 Å². The molecular weight excluding hydrogens is 146 g/mol. The first-order chi connectivity index (χ1) is 6.32. The van der Waals surface area contributed by atoms with Gasteiger partial charge in [0.25, 0.3) is 0 Å². The summed E-state index contributed by atoms with van der Waals surface area (Å²) in [6.45, 7) is -2.55. The number of aryl methyl sites for hydroxylation is 1. The zero-order chi connectivity index (χ0) is 10.9. The largest absolute Gasteiger partial charge is 0.488 e. The number of hydrogen-bond donors (Lipinski definition) is 2. The van der Waals surface area contributed by atoms with E-state index in [4.69, 9.17) is 14.2 Å². The summed E-state index contributed by atoms with van der Waals surface area (Å²) >= 11 is 0. The zero-order valence-electron chi connectivity index (χ0n) is 8.58. The minimum atomic E-state index is -2.55. The zero-order valence-corrected chi connectivity index (χ0v) is 5.58. The average Bonchev–Trinajstić information content (AvgIpc) is 2.01. The van der Waals surface area contributed by atoms with Crippen LogP contribution in [0.1, 0.15) is 9.68 Å². The number of halogens is 1. The van der Waals surface area contributed by atoms with E-state index in [1.165, 1.54) is 0 Å². The molecular formula is C7H8BFO2. The Morgan fingerprint density at radius 3 is 2.82 bits per heavy atom. The van der Waals surface area contributed by atoms with E-state index in [-0.39, 0.29) is 11.0 Å². The molecule has 0 saturated carbocycles. The number of benzene rings is 1. The van der Waals surface area contributed by atoms with E-state index in [0.29, 0.717) is 0 Å². The van der Waals surface area contributed by atoms with Gasteiger partial charge in [0.1, 0.15) is 5.82 Å². The molecule has 0 amide bonds. The molecule has 1 aromatic carbocycles. The molecule has 2 nitrogen and oxygen atoms in total. The molecule has 11 heavy (non-hydrogen) atoms. The van der Waals surface area contributed by atoms with E-state index < -0.39 is 19.8 Å². The molecule has 0 saturated heterocycles. The molecule has 0 aromatic heterocycles. The van der Waals surface area contributed by atoms with Crippen molar-refractivity contribution in [3.05, 3.63) is 29.6 Å². The summed E-state index contributed by atoms with van der Waals surface area (Å²) in [5, 5.41) is 17.7. The predicted molar refractivity (Wildman–Crippen MR) is 41.0 cm³/mol. The maximum Gasteiger partial charge on any atom is 0.488 e. The smallest absolute Gasteiger partial charge is 0.423 e. The van der Waals surface area contributed by atoms with Crippen LogP contribution in [-0.4, -0.2) is 17.2 Å². The third kappa shape index (κ3) is 1.79. The first-order valence-corrected chi connectivity index (χ1v) is 2.98. The Morgan fingerprint density at radius 1 is 1.55 bits per heavy atom. The summed E-state index contributed by atoms with van der Waals surface area (Å²) in [5.74, 6) is -0.722. The van der Waals surface area contributed by atoms with Gasteiger partial charge in [0.15, 0.2) is 0 Å². The third-order valence-electron chi connectivity index (χ3n) is 1.29. The molecule has 0 aliphatic heterocycles. The quantitative estimate of drug-likeness (QED) is 0.554. The van der Waals surface area contributed by atoms with E-state index in [1.807, 2.05) is 0 Å². The van der Waals surface area contributed by atoms with Crippen LogP contribution >= 0.6 is 0 Å². The van der Waals surface area contributed by atoms with Gasteiger partial charge in [0.2, 0.25) is 0 Å². The van der Waals surface area contributed by atoms with Crippen molar-refractivity contribution in [1.29, 1.82) is 0 Å². The molecule has 2 N–H and O–H groups in total. The lowest BCUT2D eigenvalue weighted by atomic mass is 9.77. The molecule has 1 aromatic rings. The van der Waals surface area contributed by atoms with Crippen LogP contribution in [0.4, 0.5) is 4.39 Å². The van der Waals surface area contributed by atoms with E-state index in [2.05, 4.69) is 0 Å². The Hall–Kier alpha value is -0.865. The fraction of sp³-hybridized carbons (Fsp3) is 0.143. The van der Waals surface area contributed by atoms with Gasteiger partial charge in [0.05, 0.1) is 0 Å². The Morgan fingerprint density at radius 2 is 2.27 bits per heavy atom. The molecule has 0 atom stereocenters. The summed E-state index contributed by atoms with van der Waals surface area (Å²) in [6, 6.07) is 2.80. The van der Waals surface area contributed by atoms with E-state index in [1.54, 1.807) is 0 Å². The average molecular weight is 157 g/mol. The van der Waals surface area contributed by atoms with Crippen LogP contribution in [0.2, 0.25) is 0 Å². The predicted octanol–water partition coefficient (Wildman–Crippen LogP) is -0.186. The normalized spacial score (nSPS) is 15.0. The van der Waals surface area contributed by atoms with Gasteiger partial charge >= 0.3 is 7.12 Å². The molecule has 4 heteroatoms. The summed E-state index contributed by atoms with van der Waals surface area (Å²) in [4.78, 5) is 0. The summed E-state index contributed by atoms with van der Waals surface area (Å²) in [6.07, 6.45) is 0. The standard InChI is InChI=1S/C7H8BFO2/c1-5-4-6(9)2-3-7(5)8(10)11/h2-4,10-11H,1H3/i1D3. The molecule has 0 fully saturated rings. The Labute approximate surface area is 68.7 Å². The lowest BCUT2D eigenvalue weighted by Gasteiger charge is -2.02. The summed E-state index contributed by atoms with van der Waals surface area (Å²) in [5.41, 5.74) is -0.584. The summed E-state index contributed by atoms with van der Waals surface area (Å²) < 4.78 is 33.9. The fourth-order valence-corrected chi connectivity index (χ4v) is 0.754. The second kappa shape index (κ2) is 3.03. The topological polar surface area (TPSA) is 40.5 Å². The molecule has 1 rings (SSSR count). The molecule has 58 valence electrons. The van der Waals surface area contributed by atoms with Crippen molar-refractivity contribution in [3.8, 4) is 0 Å². The van der Waals surface area contributed by atoms with Crippen molar-refractivity contribution < 1.29 is 18.6 Å². The van der Waals surface area contributed by atoms with Gasteiger partial charge in [-0.3, -0.25) is 0 Å². The van der Waals surface area contributed by atoms with Gasteiger partial charge < -0.3 is 10.0 Å². The van der Waals surface area contributed by atoms with Crippen molar-refractivity contribution in [3.63, 3.8) is 0 Å². The maximum absolute atomic E-state index is 12.7. The number of hydrogen-bond acceptors (Lipinski definition) is 2. The molecule has 0 aliphatic carbocycles. The molecule has 0 heterocycles. The van der Waals surface area contributed by atoms with Crippen LogP contribution in [0.15, 0.2) is 18.2 Å². The molecule has 0 spiro atoms. The SMILES string of the molecule is [2H]C([2H])([2H])c1cc(F)ccc1B(O)O. The lowest BCUT2D eigenvalue weighted by molar-refractivity contribution is 0.425. The van der Waals surface area contributed by atoms with Crippen LogP contribution < -0.4 is 5.46 Å². The van der Waals surface area contributed by atoms with Gasteiger partial charge in [0, 0.05) is 4.11 Å². The fourth-order valence-electron chi connectivity index (χ4n) is 0.754. The van der Waals surface area contributed by atoms with Crippen LogP contribution in [-0.2, 0) is 0 Å². The lowest BCUT2D eigenvalue weighted by Crippen LogP contribution is -2.31. The van der Waals surface area contributed by atoms with Gasteiger partial charge in [-0.15, -0.1) is 0 Å². The van der Waals surface area contributed by atoms with E-state index in [0.717, 1.165) is 18.2 Å². The van der Waals surface area contributed by atoms with Crippen molar-refractivity contribution in [1.82, 2.24) is 0 Å². The third-order valence-corrected chi connectivity index (χ3v) is 1.29. The second-order valence-corrected chi connectivity index (χ2v) is 2.11. The van der Waals surface area contributed by atoms with Crippen molar-refractivity contribution in [2.75, 3.05) is 0 Å². The highest BCUT2D eigenvalue weighted by Crippen LogP contribution is 1.99. The molecule has 0 radical (unpaired) electrons. The number of rotatable bonds is 1. The van der Waals surface area contributed by atoms with Gasteiger partial charge in [-0.1, -0.05) is 6.07 Å². The van der Waals surface area contributed by atoms with Gasteiger partial charge in [-0.2, -0.15) is 0 Å². The highest BCUT2D eigenvalue weighted by atomic mass is 19.1. The molecule has 0 unspecified atom stereocenters. The first kappa shape index (κ1) is 4.90. The Bertz CT molecular complexity index is 340. The Kier molecular flexibility index (Phi) is 1.35. The molecule has 0 aliphatic rings. The monoisotopic (exact) mass is 157 g/mol. The highest BCUT2D eigenvalue weighted by molar-refractivity contribution is 6.59. The second-order valence-electron chi connectivity index (χ2n) is 2.11. The van der Waals surface area contributed by atoms with Crippen LogP contribution in [0.5, 0.6) is 0 Å². The van der Waals surface area contributed by atoms with Crippen LogP contribution in [0.25, 0.3) is 0 Å². The van der Waals surface area contributed by atoms with Crippen molar-refractivity contribution >= 4 is 12.6 Å². The highest BCUT2D eigenvalue weighted by Gasteiger charge is 2.13. The van der Waals surface area contributed by atoms with Crippen molar-refractivity contribution in [2.24, 2.45) is 0 Å². The Balaban J connectivity index is 3.30. The molecule has 0 bridgehead atoms. The van der Waals surface area contributed by atoms with Gasteiger partial charge in [-0.05, 0) is 30.0 Å².